The van der Waals surface area contributed by atoms with Crippen LogP contribution in [0.25, 0.3) is 10.9 Å². The van der Waals surface area contributed by atoms with E-state index in [1.165, 1.54) is 0 Å². The fraction of sp³-hybridized carbons (Fsp3) is 0.308. The Labute approximate surface area is 114 Å². The Morgan fingerprint density at radius 2 is 2.06 bits per heavy atom. The van der Waals surface area contributed by atoms with E-state index in [0.717, 1.165) is 28.6 Å². The van der Waals surface area contributed by atoms with Crippen molar-refractivity contribution in [3.05, 3.63) is 33.4 Å². The average Bonchev–Trinajstić information content (AvgIpc) is 2.66. The van der Waals surface area contributed by atoms with Gasteiger partial charge in [0.15, 0.2) is 0 Å². The number of aromatic amines is 1. The molecule has 0 bridgehead atoms. The van der Waals surface area contributed by atoms with Crippen LogP contribution in [-0.4, -0.2) is 16.1 Å². The predicted octanol–water partition coefficient (Wildman–Crippen LogP) is 3.66. The molecule has 0 saturated heterocycles. The highest BCUT2D eigenvalue weighted by Gasteiger charge is 2.27. The molecule has 2 aromatic rings. The molecule has 0 amide bonds. The van der Waals surface area contributed by atoms with Crippen molar-refractivity contribution in [2.45, 2.75) is 19.3 Å². The molecule has 1 aromatic carbocycles. The van der Waals surface area contributed by atoms with E-state index in [9.17, 15) is 4.79 Å². The largest absolute Gasteiger partial charge is 0.481 e. The first-order valence-corrected chi connectivity index (χ1v) is 6.53. The molecule has 3 rings (SSSR count). The second-order valence-corrected chi connectivity index (χ2v) is 5.49. The van der Waals surface area contributed by atoms with Crippen LogP contribution in [0.4, 0.5) is 0 Å². The molecule has 1 atom stereocenters. The predicted molar refractivity (Wildman–Crippen MR) is 71.5 cm³/mol. The lowest BCUT2D eigenvalue weighted by Gasteiger charge is -2.18. The fourth-order valence-electron chi connectivity index (χ4n) is 2.62. The SMILES string of the molecule is O=C(O)C1CCc2[nH]c3cc(Cl)c(Cl)cc3c2C1. The first kappa shape index (κ1) is 11.9. The number of carboxylic acids is 1. The number of hydrogen-bond acceptors (Lipinski definition) is 1. The average molecular weight is 284 g/mol. The second-order valence-electron chi connectivity index (χ2n) is 4.67. The number of aromatic nitrogens is 1. The van der Waals surface area contributed by atoms with Gasteiger partial charge in [-0.15, -0.1) is 0 Å². The molecule has 0 saturated carbocycles. The zero-order valence-electron chi connectivity index (χ0n) is 9.46. The van der Waals surface area contributed by atoms with Crippen LogP contribution < -0.4 is 0 Å². The molecule has 5 heteroatoms. The van der Waals surface area contributed by atoms with E-state index in [1.54, 1.807) is 6.07 Å². The van der Waals surface area contributed by atoms with Crippen LogP contribution in [0, 0.1) is 5.92 Å². The molecule has 1 aromatic heterocycles. The van der Waals surface area contributed by atoms with Crippen LogP contribution in [0.15, 0.2) is 12.1 Å². The van der Waals surface area contributed by atoms with Gasteiger partial charge in [-0.1, -0.05) is 23.2 Å². The molecule has 0 radical (unpaired) electrons. The molecule has 94 valence electrons. The van der Waals surface area contributed by atoms with Crippen LogP contribution in [0.1, 0.15) is 17.7 Å². The summed E-state index contributed by atoms with van der Waals surface area (Å²) < 4.78 is 0. The van der Waals surface area contributed by atoms with Gasteiger partial charge in [-0.2, -0.15) is 0 Å². The lowest BCUT2D eigenvalue weighted by atomic mass is 9.86. The summed E-state index contributed by atoms with van der Waals surface area (Å²) in [5.74, 6) is -1.03. The summed E-state index contributed by atoms with van der Waals surface area (Å²) in [6, 6.07) is 3.62. The monoisotopic (exact) mass is 283 g/mol. The highest BCUT2D eigenvalue weighted by Crippen LogP contribution is 2.35. The smallest absolute Gasteiger partial charge is 0.306 e. The van der Waals surface area contributed by atoms with Gasteiger partial charge in [0, 0.05) is 16.6 Å². The molecule has 0 fully saturated rings. The van der Waals surface area contributed by atoms with E-state index in [4.69, 9.17) is 28.3 Å². The number of hydrogen-bond donors (Lipinski definition) is 2. The zero-order chi connectivity index (χ0) is 12.9. The Morgan fingerprint density at radius 3 is 2.78 bits per heavy atom. The first-order valence-electron chi connectivity index (χ1n) is 5.77. The van der Waals surface area contributed by atoms with Crippen molar-refractivity contribution in [2.75, 3.05) is 0 Å². The Kier molecular flexibility index (Phi) is 2.76. The number of benzene rings is 1. The summed E-state index contributed by atoms with van der Waals surface area (Å²) in [6.07, 6.45) is 2.00. The van der Waals surface area contributed by atoms with E-state index in [-0.39, 0.29) is 5.92 Å². The fourth-order valence-corrected chi connectivity index (χ4v) is 2.95. The van der Waals surface area contributed by atoms with Gasteiger partial charge >= 0.3 is 5.97 Å². The van der Waals surface area contributed by atoms with Crippen LogP contribution in [-0.2, 0) is 17.6 Å². The Hall–Kier alpha value is -1.19. The normalized spacial score (nSPS) is 18.9. The summed E-state index contributed by atoms with van der Waals surface area (Å²) in [4.78, 5) is 14.4. The molecule has 1 unspecified atom stereocenters. The maximum Gasteiger partial charge on any atom is 0.306 e. The molecule has 2 N–H and O–H groups in total. The van der Waals surface area contributed by atoms with E-state index < -0.39 is 5.97 Å². The van der Waals surface area contributed by atoms with E-state index in [0.29, 0.717) is 22.9 Å². The van der Waals surface area contributed by atoms with Crippen LogP contribution in [0.3, 0.4) is 0 Å². The Balaban J connectivity index is 2.15. The molecular formula is C13H11Cl2NO2. The van der Waals surface area contributed by atoms with Crippen LogP contribution >= 0.6 is 23.2 Å². The van der Waals surface area contributed by atoms with Crippen molar-refractivity contribution in [1.82, 2.24) is 4.98 Å². The quantitative estimate of drug-likeness (QED) is 0.839. The number of aliphatic carboxylic acids is 1. The van der Waals surface area contributed by atoms with E-state index in [1.807, 2.05) is 6.07 Å². The number of nitrogens with one attached hydrogen (secondary N) is 1. The van der Waals surface area contributed by atoms with E-state index in [2.05, 4.69) is 4.98 Å². The second kappa shape index (κ2) is 4.18. The maximum absolute atomic E-state index is 11.1. The number of aryl methyl sites for hydroxylation is 1. The van der Waals surface area contributed by atoms with Gasteiger partial charge in [-0.05, 0) is 37.0 Å². The summed E-state index contributed by atoms with van der Waals surface area (Å²) in [5.41, 5.74) is 3.11. The van der Waals surface area contributed by atoms with Gasteiger partial charge in [0.05, 0.1) is 16.0 Å². The van der Waals surface area contributed by atoms with Crippen molar-refractivity contribution in [3.8, 4) is 0 Å². The lowest BCUT2D eigenvalue weighted by molar-refractivity contribution is -0.142. The summed E-state index contributed by atoms with van der Waals surface area (Å²) in [7, 11) is 0. The van der Waals surface area contributed by atoms with Crippen molar-refractivity contribution in [3.63, 3.8) is 0 Å². The first-order chi connectivity index (χ1) is 8.56. The molecule has 18 heavy (non-hydrogen) atoms. The maximum atomic E-state index is 11.1. The molecule has 1 heterocycles. The topological polar surface area (TPSA) is 53.1 Å². The standard InChI is InChI=1S/C13H11Cl2NO2/c14-9-4-8-7-3-6(13(17)18)1-2-11(7)16-12(8)5-10(9)15/h4-6,16H,1-3H2,(H,17,18). The van der Waals surface area contributed by atoms with Crippen molar-refractivity contribution in [2.24, 2.45) is 5.92 Å². The summed E-state index contributed by atoms with van der Waals surface area (Å²) >= 11 is 12.0. The van der Waals surface area contributed by atoms with Gasteiger partial charge in [-0.25, -0.2) is 0 Å². The van der Waals surface area contributed by atoms with Gasteiger partial charge in [-0.3, -0.25) is 4.79 Å². The minimum Gasteiger partial charge on any atom is -0.481 e. The molecule has 1 aliphatic carbocycles. The lowest BCUT2D eigenvalue weighted by Crippen LogP contribution is -2.21. The third-order valence-electron chi connectivity index (χ3n) is 3.58. The van der Waals surface area contributed by atoms with Gasteiger partial charge in [0.1, 0.15) is 0 Å². The minimum absolute atomic E-state index is 0.300. The number of carbonyl (C=O) groups is 1. The van der Waals surface area contributed by atoms with Crippen molar-refractivity contribution >= 4 is 40.1 Å². The molecule has 3 nitrogen and oxygen atoms in total. The molecular weight excluding hydrogens is 273 g/mol. The molecule has 1 aliphatic rings. The van der Waals surface area contributed by atoms with Crippen LogP contribution in [0.2, 0.25) is 10.0 Å². The number of H-pyrrole nitrogens is 1. The third-order valence-corrected chi connectivity index (χ3v) is 4.30. The molecule has 0 spiro atoms. The third kappa shape index (κ3) is 1.78. The van der Waals surface area contributed by atoms with Gasteiger partial charge < -0.3 is 10.1 Å². The van der Waals surface area contributed by atoms with Gasteiger partial charge in [0.25, 0.3) is 0 Å². The number of carboxylic acid groups (broad SMARTS) is 1. The van der Waals surface area contributed by atoms with Crippen molar-refractivity contribution in [1.29, 1.82) is 0 Å². The summed E-state index contributed by atoms with van der Waals surface area (Å²) in [5, 5.41) is 11.1. The highest BCUT2D eigenvalue weighted by molar-refractivity contribution is 6.42. The molecule has 0 aliphatic heterocycles. The Bertz CT molecular complexity index is 648. The number of halogens is 2. The summed E-state index contributed by atoms with van der Waals surface area (Å²) in [6.45, 7) is 0. The Morgan fingerprint density at radius 1 is 1.33 bits per heavy atom. The highest BCUT2D eigenvalue weighted by atomic mass is 35.5. The number of rotatable bonds is 1. The van der Waals surface area contributed by atoms with E-state index >= 15 is 0 Å². The number of fused-ring (bicyclic) bond motifs is 3. The van der Waals surface area contributed by atoms with Gasteiger partial charge in [0.2, 0.25) is 0 Å². The van der Waals surface area contributed by atoms with Crippen molar-refractivity contribution < 1.29 is 9.90 Å². The minimum atomic E-state index is -0.727. The van der Waals surface area contributed by atoms with Crippen LogP contribution in [0.5, 0.6) is 0 Å². The zero-order valence-corrected chi connectivity index (χ0v) is 11.0.